The topological polar surface area (TPSA) is 119 Å². The first-order valence-electron chi connectivity index (χ1n) is 11.3. The Balaban J connectivity index is 1.84. The summed E-state index contributed by atoms with van der Waals surface area (Å²) in [5.41, 5.74) is 6.96. The highest BCUT2D eigenvalue weighted by molar-refractivity contribution is 7.19. The fraction of sp³-hybridized carbons (Fsp3) is 0.478. The third-order valence-corrected chi connectivity index (χ3v) is 6.72. The summed E-state index contributed by atoms with van der Waals surface area (Å²) >= 11 is 0.971. The zero-order valence-electron chi connectivity index (χ0n) is 19.7. The molecule has 2 unspecified atom stereocenters. The van der Waals surface area contributed by atoms with E-state index in [1.54, 1.807) is 12.1 Å². The molecular weight excluding hydrogens is 479 g/mol. The van der Waals surface area contributed by atoms with Gasteiger partial charge in [-0.3, -0.25) is 9.79 Å². The Morgan fingerprint density at radius 3 is 2.86 bits per heavy atom. The third-order valence-electron chi connectivity index (χ3n) is 5.80. The largest absolute Gasteiger partial charge is 0.389 e. The lowest BCUT2D eigenvalue weighted by atomic mass is 10.1. The van der Waals surface area contributed by atoms with E-state index in [1.165, 1.54) is 6.07 Å². The van der Waals surface area contributed by atoms with Crippen LogP contribution in [-0.2, 0) is 0 Å². The van der Waals surface area contributed by atoms with Crippen molar-refractivity contribution < 1.29 is 18.0 Å². The first-order chi connectivity index (χ1) is 16.7. The molecule has 2 heterocycles. The van der Waals surface area contributed by atoms with Crippen LogP contribution >= 0.6 is 11.3 Å². The summed E-state index contributed by atoms with van der Waals surface area (Å²) in [5.74, 6) is -0.987. The van der Waals surface area contributed by atoms with Crippen LogP contribution in [0.5, 0.6) is 0 Å². The Morgan fingerprint density at radius 2 is 2.17 bits per heavy atom. The van der Waals surface area contributed by atoms with Crippen LogP contribution in [0.3, 0.4) is 0 Å². The van der Waals surface area contributed by atoms with Crippen molar-refractivity contribution in [1.82, 2.24) is 20.5 Å². The molecule has 0 bridgehead atoms. The first-order valence-corrected chi connectivity index (χ1v) is 12.1. The summed E-state index contributed by atoms with van der Waals surface area (Å²) < 4.78 is 40.3. The summed E-state index contributed by atoms with van der Waals surface area (Å²) in [4.78, 5) is 23.2. The van der Waals surface area contributed by atoms with Crippen molar-refractivity contribution in [2.45, 2.75) is 44.7 Å². The molecule has 35 heavy (non-hydrogen) atoms. The molecule has 1 aliphatic rings. The van der Waals surface area contributed by atoms with Gasteiger partial charge in [0.25, 0.3) is 12.3 Å². The predicted molar refractivity (Wildman–Crippen MR) is 133 cm³/mol. The van der Waals surface area contributed by atoms with E-state index in [-0.39, 0.29) is 27.1 Å². The average molecular weight is 510 g/mol. The number of nitrogen functional groups attached to an aromatic ring is 1. The number of halogens is 3. The van der Waals surface area contributed by atoms with Gasteiger partial charge in [-0.1, -0.05) is 23.0 Å². The lowest BCUT2D eigenvalue weighted by Gasteiger charge is -2.29. The molecule has 0 saturated carbocycles. The Hall–Kier alpha value is -2.99. The van der Waals surface area contributed by atoms with Gasteiger partial charge in [0.15, 0.2) is 5.69 Å². The van der Waals surface area contributed by atoms with E-state index in [2.05, 4.69) is 20.6 Å². The molecule has 1 aromatic carbocycles. The van der Waals surface area contributed by atoms with Crippen LogP contribution in [0.15, 0.2) is 23.2 Å². The van der Waals surface area contributed by atoms with Crippen molar-refractivity contribution in [1.29, 1.82) is 5.41 Å². The number of carbonyl (C=O) groups excluding carboxylic acids is 1. The summed E-state index contributed by atoms with van der Waals surface area (Å²) in [6, 6.07) is 3.80. The molecule has 2 aromatic rings. The molecule has 8 nitrogen and oxygen atoms in total. The Kier molecular flexibility index (Phi) is 9.21. The van der Waals surface area contributed by atoms with Crippen molar-refractivity contribution in [2.24, 2.45) is 4.99 Å². The lowest BCUT2D eigenvalue weighted by molar-refractivity contribution is 0.0949. The maximum absolute atomic E-state index is 14.3. The Bertz CT molecular complexity index is 1080. The number of hydrogen-bond acceptors (Lipinski definition) is 7. The summed E-state index contributed by atoms with van der Waals surface area (Å²) in [6.07, 6.45) is 0.789. The maximum Gasteiger partial charge on any atom is 0.273 e. The monoisotopic (exact) mass is 509 g/mol. The third kappa shape index (κ3) is 6.79. The van der Waals surface area contributed by atoms with Crippen LogP contribution in [0.1, 0.15) is 35.3 Å². The number of amides is 1. The van der Waals surface area contributed by atoms with E-state index in [1.807, 2.05) is 18.9 Å². The predicted octanol–water partition coefficient (Wildman–Crippen LogP) is 3.33. The van der Waals surface area contributed by atoms with E-state index < -0.39 is 30.7 Å². The van der Waals surface area contributed by atoms with E-state index in [0.717, 1.165) is 42.4 Å². The van der Waals surface area contributed by atoms with Gasteiger partial charge in [-0.25, -0.2) is 18.2 Å². The summed E-state index contributed by atoms with van der Waals surface area (Å²) in [5, 5.41) is 14.1. The first kappa shape index (κ1) is 26.6. The van der Waals surface area contributed by atoms with Crippen molar-refractivity contribution in [3.8, 4) is 10.6 Å². The summed E-state index contributed by atoms with van der Waals surface area (Å²) in [6.45, 7) is 2.18. The molecule has 0 radical (unpaired) electrons. The van der Waals surface area contributed by atoms with E-state index >= 15 is 0 Å². The molecule has 12 heteroatoms. The fourth-order valence-corrected chi connectivity index (χ4v) is 4.82. The van der Waals surface area contributed by atoms with Crippen LogP contribution in [0.25, 0.3) is 10.6 Å². The van der Waals surface area contributed by atoms with Crippen molar-refractivity contribution in [2.75, 3.05) is 32.4 Å². The van der Waals surface area contributed by atoms with Gasteiger partial charge in [-0.05, 0) is 45.4 Å². The Morgan fingerprint density at radius 1 is 1.40 bits per heavy atom. The second kappa shape index (κ2) is 12.1. The van der Waals surface area contributed by atoms with Gasteiger partial charge in [0.1, 0.15) is 34.2 Å². The highest BCUT2D eigenvalue weighted by atomic mass is 32.1. The minimum atomic E-state index is -2.66. The molecular formula is C23H30F3N7OS. The number of hydrogen-bond donors (Lipinski definition) is 4. The van der Waals surface area contributed by atoms with Crippen molar-refractivity contribution in [3.05, 3.63) is 35.3 Å². The minimum Gasteiger partial charge on any atom is -0.389 e. The quantitative estimate of drug-likeness (QED) is 0.322. The number of amidine groups is 1. The average Bonchev–Trinajstić information content (AvgIpc) is 3.06. The Labute approximate surface area is 206 Å². The number of rotatable bonds is 8. The number of thiazole rings is 1. The van der Waals surface area contributed by atoms with Gasteiger partial charge in [0, 0.05) is 30.9 Å². The second-order valence-electron chi connectivity index (χ2n) is 8.33. The lowest BCUT2D eigenvalue weighted by Crippen LogP contribution is -2.50. The highest BCUT2D eigenvalue weighted by Gasteiger charge is 2.27. The van der Waals surface area contributed by atoms with E-state index in [9.17, 15) is 18.0 Å². The molecule has 3 rings (SSSR count). The van der Waals surface area contributed by atoms with Gasteiger partial charge in [0.05, 0.1) is 0 Å². The molecule has 190 valence electrons. The molecule has 1 aromatic heterocycles. The number of nitrogens with two attached hydrogens (primary N) is 1. The number of alkyl halides is 2. The van der Waals surface area contributed by atoms with Gasteiger partial charge in [-0.2, -0.15) is 0 Å². The molecule has 5 N–H and O–H groups in total. The summed E-state index contributed by atoms with van der Waals surface area (Å²) in [7, 11) is 1.88. The zero-order valence-corrected chi connectivity index (χ0v) is 20.5. The van der Waals surface area contributed by atoms with Gasteiger partial charge < -0.3 is 26.7 Å². The fourth-order valence-electron chi connectivity index (χ4n) is 3.97. The number of carbonyl (C=O) groups is 1. The molecule has 0 aliphatic carbocycles. The smallest absolute Gasteiger partial charge is 0.273 e. The number of nitrogens with one attached hydrogen (secondary N) is 3. The van der Waals surface area contributed by atoms with Crippen molar-refractivity contribution >= 4 is 34.3 Å². The number of nitrogens with zero attached hydrogens (tertiary/aromatic N) is 3. The van der Waals surface area contributed by atoms with Crippen LogP contribution < -0.4 is 16.4 Å². The number of aromatic nitrogens is 1. The number of likely N-dealkylation sites (tertiary alicyclic amines) is 1. The normalized spacial score (nSPS) is 17.8. The SMILES string of the molecule is CNC1CCCN(C(=NCC(F)F)C(C=N)NC(=O)c2nc(-c3cc(C)ccc3F)sc2N)CC1. The second-order valence-corrected chi connectivity index (χ2v) is 9.36. The van der Waals surface area contributed by atoms with Crippen LogP contribution in [-0.4, -0.2) is 73.0 Å². The molecule has 2 atom stereocenters. The standard InChI is InChI=1S/C23H30F3N7OS/c1-13-5-6-16(24)15(10-13)23-32-19(20(28)35-23)22(34)31-17(11-27)21(30-12-18(25)26)33-8-3-4-14(29-2)7-9-33/h5-6,10-11,14,17-18,27,29H,3-4,7-9,12,28H2,1-2H3,(H,31,34). The number of benzene rings is 1. The van der Waals surface area contributed by atoms with E-state index in [4.69, 9.17) is 11.1 Å². The van der Waals surface area contributed by atoms with Crippen molar-refractivity contribution in [3.63, 3.8) is 0 Å². The number of anilines is 1. The number of aryl methyl sites for hydroxylation is 1. The minimum absolute atomic E-state index is 0.0832. The van der Waals surface area contributed by atoms with Crippen LogP contribution in [0.4, 0.5) is 18.2 Å². The van der Waals surface area contributed by atoms with Gasteiger partial charge in [0.2, 0.25) is 0 Å². The van der Waals surface area contributed by atoms with Crippen LogP contribution in [0, 0.1) is 18.2 Å². The number of aliphatic imine (C=N–C) groups is 1. The molecule has 1 aliphatic heterocycles. The molecule has 1 fully saturated rings. The highest BCUT2D eigenvalue weighted by Crippen LogP contribution is 2.32. The van der Waals surface area contributed by atoms with Crippen LogP contribution in [0.2, 0.25) is 0 Å². The van der Waals surface area contributed by atoms with Gasteiger partial charge in [-0.15, -0.1) is 0 Å². The maximum atomic E-state index is 14.3. The molecule has 1 amide bonds. The van der Waals surface area contributed by atoms with Gasteiger partial charge >= 0.3 is 0 Å². The molecule has 1 saturated heterocycles. The van der Waals surface area contributed by atoms with E-state index in [0.29, 0.717) is 19.1 Å². The zero-order chi connectivity index (χ0) is 25.5. The molecule has 0 spiro atoms.